The van der Waals surface area contributed by atoms with Crippen LogP contribution in [0.25, 0.3) is 0 Å². The number of guanidine groups is 1. The fourth-order valence-corrected chi connectivity index (χ4v) is 4.59. The van der Waals surface area contributed by atoms with E-state index in [2.05, 4.69) is 65.6 Å². The molecule has 0 atom stereocenters. The molecule has 0 radical (unpaired) electrons. The van der Waals surface area contributed by atoms with Crippen LogP contribution >= 0.6 is 35.5 Å². The summed E-state index contributed by atoms with van der Waals surface area (Å²) >= 11 is 1.50. The normalized spacial score (nSPS) is 17.5. The Hall–Kier alpha value is -1.66. The van der Waals surface area contributed by atoms with Crippen LogP contribution in [0.3, 0.4) is 0 Å². The molecule has 0 spiro atoms. The van der Waals surface area contributed by atoms with E-state index in [1.807, 2.05) is 7.05 Å². The number of aryl methyl sites for hydroxylation is 1. The number of piperazine rings is 1. The van der Waals surface area contributed by atoms with Gasteiger partial charge in [-0.3, -0.25) is 4.99 Å². The van der Waals surface area contributed by atoms with Crippen molar-refractivity contribution in [2.45, 2.75) is 19.9 Å². The summed E-state index contributed by atoms with van der Waals surface area (Å²) in [5.41, 5.74) is 2.53. The summed E-state index contributed by atoms with van der Waals surface area (Å²) in [6.07, 6.45) is 0.889. The van der Waals surface area contributed by atoms with Gasteiger partial charge < -0.3 is 24.8 Å². The van der Waals surface area contributed by atoms with E-state index in [1.54, 1.807) is 0 Å². The highest BCUT2D eigenvalue weighted by Gasteiger charge is 2.22. The number of hydrogen-bond donors (Lipinski definition) is 1. The molecule has 1 aromatic heterocycles. The van der Waals surface area contributed by atoms with E-state index in [9.17, 15) is 0 Å². The Labute approximate surface area is 205 Å². The van der Waals surface area contributed by atoms with E-state index in [0.717, 1.165) is 82.4 Å². The van der Waals surface area contributed by atoms with E-state index in [1.165, 1.54) is 22.8 Å². The molecule has 3 heterocycles. The lowest BCUT2D eigenvalue weighted by atomic mass is 10.2. The molecule has 2 aliphatic heterocycles. The number of aromatic nitrogens is 2. The molecular formula is C21H32IN7OS. The van der Waals surface area contributed by atoms with Crippen molar-refractivity contribution in [3.63, 3.8) is 0 Å². The number of ether oxygens (including phenoxy) is 1. The highest BCUT2D eigenvalue weighted by atomic mass is 127. The van der Waals surface area contributed by atoms with Gasteiger partial charge in [0.1, 0.15) is 5.82 Å². The molecule has 2 fully saturated rings. The van der Waals surface area contributed by atoms with Crippen LogP contribution in [-0.4, -0.2) is 79.7 Å². The summed E-state index contributed by atoms with van der Waals surface area (Å²) in [6, 6.07) is 8.81. The maximum absolute atomic E-state index is 5.44. The number of rotatable bonds is 5. The summed E-state index contributed by atoms with van der Waals surface area (Å²) in [5.74, 6) is 1.90. The van der Waals surface area contributed by atoms with Crippen LogP contribution in [0.5, 0.6) is 0 Å². The van der Waals surface area contributed by atoms with Crippen LogP contribution in [0.4, 0.5) is 10.8 Å². The summed E-state index contributed by atoms with van der Waals surface area (Å²) in [4.78, 5) is 16.1. The Morgan fingerprint density at radius 2 is 1.77 bits per heavy atom. The van der Waals surface area contributed by atoms with Crippen molar-refractivity contribution in [3.05, 3.63) is 35.7 Å². The third-order valence-corrected chi connectivity index (χ3v) is 6.41. The molecule has 0 unspecified atom stereocenters. The highest BCUT2D eigenvalue weighted by Crippen LogP contribution is 2.20. The summed E-state index contributed by atoms with van der Waals surface area (Å²) in [6.45, 7) is 10.1. The minimum Gasteiger partial charge on any atom is -0.378 e. The van der Waals surface area contributed by atoms with Crippen molar-refractivity contribution < 1.29 is 4.74 Å². The number of benzene rings is 1. The van der Waals surface area contributed by atoms with Crippen LogP contribution in [0.1, 0.15) is 18.3 Å². The number of nitrogens with one attached hydrogen (secondary N) is 1. The molecule has 2 saturated heterocycles. The van der Waals surface area contributed by atoms with E-state index in [0.29, 0.717) is 0 Å². The highest BCUT2D eigenvalue weighted by molar-refractivity contribution is 14.0. The Balaban J connectivity index is 0.00000272. The third-order valence-electron chi connectivity index (χ3n) is 5.60. The zero-order valence-electron chi connectivity index (χ0n) is 18.3. The number of nitrogens with zero attached hydrogens (tertiary/aromatic N) is 6. The monoisotopic (exact) mass is 557 g/mol. The van der Waals surface area contributed by atoms with E-state index >= 15 is 0 Å². The van der Waals surface area contributed by atoms with Crippen LogP contribution in [-0.2, 0) is 17.7 Å². The van der Waals surface area contributed by atoms with Gasteiger partial charge in [-0.1, -0.05) is 19.1 Å². The van der Waals surface area contributed by atoms with E-state index < -0.39 is 0 Å². The molecule has 0 saturated carbocycles. The van der Waals surface area contributed by atoms with Gasteiger partial charge in [0.05, 0.1) is 13.2 Å². The molecule has 2 aliphatic rings. The van der Waals surface area contributed by atoms with Gasteiger partial charge in [-0.15, -0.1) is 24.0 Å². The first kappa shape index (κ1) is 24.0. The summed E-state index contributed by atoms with van der Waals surface area (Å²) in [5, 5.41) is 4.56. The standard InChI is InChI=1S/C21H31N7OS.HI/c1-3-19-24-21(30-25-19)28-10-8-27(9-11-28)20(22-2)23-16-17-4-6-18(7-5-17)26-12-14-29-15-13-26;/h4-7H,3,8-16H2,1-2H3,(H,22,23);1H. The van der Waals surface area contributed by atoms with Gasteiger partial charge in [-0.25, -0.2) is 4.98 Å². The van der Waals surface area contributed by atoms with Crippen LogP contribution in [0.2, 0.25) is 0 Å². The maximum atomic E-state index is 5.44. The Morgan fingerprint density at radius 3 is 2.39 bits per heavy atom. The molecule has 4 rings (SSSR count). The Bertz CT molecular complexity index is 831. The van der Waals surface area contributed by atoms with Crippen LogP contribution in [0.15, 0.2) is 29.3 Å². The smallest absolute Gasteiger partial charge is 0.205 e. The Morgan fingerprint density at radius 1 is 1.06 bits per heavy atom. The van der Waals surface area contributed by atoms with Crippen molar-refractivity contribution >= 4 is 52.3 Å². The minimum absolute atomic E-state index is 0. The van der Waals surface area contributed by atoms with Crippen molar-refractivity contribution in [1.82, 2.24) is 19.6 Å². The first-order chi connectivity index (χ1) is 14.8. The zero-order valence-corrected chi connectivity index (χ0v) is 21.4. The Kier molecular flexibility index (Phi) is 9.15. The lowest BCUT2D eigenvalue weighted by molar-refractivity contribution is 0.122. The molecule has 1 N–H and O–H groups in total. The van der Waals surface area contributed by atoms with Gasteiger partial charge in [0.25, 0.3) is 0 Å². The number of aliphatic imine (C=N–C) groups is 1. The van der Waals surface area contributed by atoms with Gasteiger partial charge in [0.2, 0.25) is 5.13 Å². The average Bonchev–Trinajstić information content (AvgIpc) is 3.30. The fourth-order valence-electron chi connectivity index (χ4n) is 3.79. The third kappa shape index (κ3) is 6.19. The van der Waals surface area contributed by atoms with Crippen molar-refractivity contribution in [1.29, 1.82) is 0 Å². The summed E-state index contributed by atoms with van der Waals surface area (Å²) < 4.78 is 9.85. The zero-order chi connectivity index (χ0) is 20.8. The van der Waals surface area contributed by atoms with E-state index in [4.69, 9.17) is 4.74 Å². The first-order valence-electron chi connectivity index (χ1n) is 10.7. The topological polar surface area (TPSA) is 69.1 Å². The summed E-state index contributed by atoms with van der Waals surface area (Å²) in [7, 11) is 1.86. The molecule has 0 bridgehead atoms. The lowest BCUT2D eigenvalue weighted by Crippen LogP contribution is -2.52. The average molecular weight is 558 g/mol. The molecule has 0 aliphatic carbocycles. The predicted molar refractivity (Wildman–Crippen MR) is 138 cm³/mol. The van der Waals surface area contributed by atoms with Gasteiger partial charge in [-0.05, 0) is 17.7 Å². The second-order valence-electron chi connectivity index (χ2n) is 7.49. The number of morpholine rings is 1. The molecule has 1 aromatic carbocycles. The number of hydrogen-bond acceptors (Lipinski definition) is 7. The van der Waals surface area contributed by atoms with Gasteiger partial charge in [0.15, 0.2) is 5.96 Å². The van der Waals surface area contributed by atoms with Crippen molar-refractivity contribution in [2.75, 3.05) is 69.3 Å². The van der Waals surface area contributed by atoms with Gasteiger partial charge in [-0.2, -0.15) is 4.37 Å². The molecular weight excluding hydrogens is 525 g/mol. The molecule has 0 amide bonds. The van der Waals surface area contributed by atoms with Gasteiger partial charge in [0, 0.05) is 76.5 Å². The first-order valence-corrected chi connectivity index (χ1v) is 11.5. The van der Waals surface area contributed by atoms with Crippen LogP contribution < -0.4 is 15.1 Å². The van der Waals surface area contributed by atoms with Crippen LogP contribution in [0, 0.1) is 0 Å². The minimum atomic E-state index is 0. The molecule has 8 nitrogen and oxygen atoms in total. The molecule has 2 aromatic rings. The molecule has 31 heavy (non-hydrogen) atoms. The lowest BCUT2D eigenvalue weighted by Gasteiger charge is -2.36. The second-order valence-corrected chi connectivity index (χ2v) is 8.22. The SMILES string of the molecule is CCc1nsc(N2CCN(C(=NC)NCc3ccc(N4CCOCC4)cc3)CC2)n1.I. The number of anilines is 2. The molecule has 170 valence electrons. The maximum Gasteiger partial charge on any atom is 0.205 e. The number of halogens is 1. The fraction of sp³-hybridized carbons (Fsp3) is 0.571. The second kappa shape index (κ2) is 11.8. The van der Waals surface area contributed by atoms with E-state index in [-0.39, 0.29) is 24.0 Å². The quantitative estimate of drug-likeness (QED) is 0.344. The van der Waals surface area contributed by atoms with Gasteiger partial charge >= 0.3 is 0 Å². The largest absolute Gasteiger partial charge is 0.378 e. The molecule has 10 heteroatoms. The predicted octanol–water partition coefficient (Wildman–Crippen LogP) is 2.45. The van der Waals surface area contributed by atoms with Crippen molar-refractivity contribution in [2.24, 2.45) is 4.99 Å². The van der Waals surface area contributed by atoms with Crippen molar-refractivity contribution in [3.8, 4) is 0 Å².